The molecule has 0 aromatic carbocycles. The van der Waals surface area contributed by atoms with Crippen LogP contribution < -0.4 is 0 Å². The van der Waals surface area contributed by atoms with Gasteiger partial charge in [0.1, 0.15) is 0 Å². The Morgan fingerprint density at radius 3 is 2.29 bits per heavy atom. The monoisotopic (exact) mass is 244 g/mol. The van der Waals surface area contributed by atoms with Crippen molar-refractivity contribution >= 4 is 0 Å². The van der Waals surface area contributed by atoms with E-state index in [9.17, 15) is 8.78 Å². The van der Waals surface area contributed by atoms with Crippen LogP contribution in [0.5, 0.6) is 0 Å². The van der Waals surface area contributed by atoms with Gasteiger partial charge >= 0.3 is 0 Å². The molecule has 0 radical (unpaired) electrons. The Morgan fingerprint density at radius 1 is 1.18 bits per heavy atom. The van der Waals surface area contributed by atoms with Gasteiger partial charge in [0.2, 0.25) is 6.43 Å². The van der Waals surface area contributed by atoms with Crippen molar-refractivity contribution in [2.45, 2.75) is 38.7 Å². The summed E-state index contributed by atoms with van der Waals surface area (Å²) in [4.78, 5) is 4.70. The third kappa shape index (κ3) is 1.64. The minimum Gasteiger partial charge on any atom is -0.306 e. The summed E-state index contributed by atoms with van der Waals surface area (Å²) in [5, 5.41) is 0. The molecule has 0 aromatic heterocycles. The van der Waals surface area contributed by atoms with Crippen molar-refractivity contribution in [2.75, 3.05) is 33.2 Å². The van der Waals surface area contributed by atoms with E-state index in [2.05, 4.69) is 16.8 Å². The molecule has 0 amide bonds. The van der Waals surface area contributed by atoms with Crippen molar-refractivity contribution < 1.29 is 8.78 Å². The van der Waals surface area contributed by atoms with E-state index >= 15 is 0 Å². The second kappa shape index (κ2) is 3.64. The highest BCUT2D eigenvalue weighted by molar-refractivity contribution is 5.10. The largest absolute Gasteiger partial charge is 0.306 e. The normalized spacial score (nSPS) is 41.8. The van der Waals surface area contributed by atoms with E-state index in [0.29, 0.717) is 24.5 Å². The summed E-state index contributed by atoms with van der Waals surface area (Å²) in [6, 6.07) is 0.583. The van der Waals surface area contributed by atoms with E-state index in [0.717, 1.165) is 0 Å². The first-order chi connectivity index (χ1) is 7.95. The predicted molar refractivity (Wildman–Crippen MR) is 63.3 cm³/mol. The average molecular weight is 244 g/mol. The SMILES string of the molecule is CN1CCC2(CCC2N2CC(C)(C(F)F)C2)C1. The first kappa shape index (κ1) is 11.8. The predicted octanol–water partition coefficient (Wildman–Crippen LogP) is 2.06. The zero-order chi connectivity index (χ0) is 12.3. The Balaban J connectivity index is 1.61. The molecule has 1 aliphatic carbocycles. The molecule has 3 aliphatic rings. The lowest BCUT2D eigenvalue weighted by Gasteiger charge is -2.60. The number of nitrogens with zero attached hydrogens (tertiary/aromatic N) is 2. The molecule has 2 nitrogen and oxygen atoms in total. The summed E-state index contributed by atoms with van der Waals surface area (Å²) in [5.41, 5.74) is -0.292. The van der Waals surface area contributed by atoms with E-state index < -0.39 is 11.8 Å². The topological polar surface area (TPSA) is 6.48 Å². The van der Waals surface area contributed by atoms with Gasteiger partial charge in [-0.05, 0) is 38.3 Å². The molecule has 98 valence electrons. The molecule has 2 atom stereocenters. The fourth-order valence-corrected chi connectivity index (χ4v) is 4.08. The maximum absolute atomic E-state index is 12.8. The summed E-state index contributed by atoms with van der Waals surface area (Å²) in [6.07, 6.45) is 1.61. The summed E-state index contributed by atoms with van der Waals surface area (Å²) in [5.74, 6) is 0. The van der Waals surface area contributed by atoms with Gasteiger partial charge in [0.05, 0.1) is 5.41 Å². The van der Waals surface area contributed by atoms with Crippen LogP contribution in [0.3, 0.4) is 0 Å². The van der Waals surface area contributed by atoms with Crippen LogP contribution in [0.4, 0.5) is 8.78 Å². The number of halogens is 2. The number of alkyl halides is 2. The Kier molecular flexibility index (Phi) is 2.54. The quantitative estimate of drug-likeness (QED) is 0.733. The summed E-state index contributed by atoms with van der Waals surface area (Å²) in [7, 11) is 2.17. The number of rotatable bonds is 2. The average Bonchev–Trinajstić information content (AvgIpc) is 2.58. The van der Waals surface area contributed by atoms with Crippen LogP contribution >= 0.6 is 0 Å². The maximum atomic E-state index is 12.8. The minimum absolute atomic E-state index is 0.443. The lowest BCUT2D eigenvalue weighted by Crippen LogP contribution is -2.68. The Morgan fingerprint density at radius 2 is 1.88 bits per heavy atom. The molecule has 17 heavy (non-hydrogen) atoms. The second-order valence-electron chi connectivity index (χ2n) is 6.76. The molecule has 0 aromatic rings. The molecular formula is C13H22F2N2. The summed E-state index contributed by atoms with van der Waals surface area (Å²) in [6.45, 7) is 5.26. The molecule has 3 rings (SSSR count). The van der Waals surface area contributed by atoms with Gasteiger partial charge in [0, 0.05) is 25.7 Å². The molecule has 2 aliphatic heterocycles. The Hall–Kier alpha value is -0.220. The van der Waals surface area contributed by atoms with E-state index in [1.54, 1.807) is 6.92 Å². The summed E-state index contributed by atoms with van der Waals surface area (Å²) < 4.78 is 25.6. The molecule has 3 fully saturated rings. The van der Waals surface area contributed by atoms with Gasteiger partial charge < -0.3 is 4.90 Å². The third-order valence-corrected chi connectivity index (χ3v) is 5.29. The van der Waals surface area contributed by atoms with Gasteiger partial charge in [0.25, 0.3) is 0 Å². The second-order valence-corrected chi connectivity index (χ2v) is 6.76. The van der Waals surface area contributed by atoms with Gasteiger partial charge in [-0.2, -0.15) is 0 Å². The van der Waals surface area contributed by atoms with Crippen molar-refractivity contribution in [3.63, 3.8) is 0 Å². The van der Waals surface area contributed by atoms with Gasteiger partial charge in [0.15, 0.2) is 0 Å². The van der Waals surface area contributed by atoms with Gasteiger partial charge in [-0.1, -0.05) is 6.92 Å². The molecular weight excluding hydrogens is 222 g/mol. The van der Waals surface area contributed by atoms with E-state index in [1.165, 1.54) is 32.4 Å². The molecule has 0 bridgehead atoms. The lowest BCUT2D eigenvalue weighted by molar-refractivity contribution is -0.157. The zero-order valence-corrected chi connectivity index (χ0v) is 10.8. The van der Waals surface area contributed by atoms with Crippen LogP contribution in [0, 0.1) is 10.8 Å². The molecule has 2 heterocycles. The van der Waals surface area contributed by atoms with Crippen LogP contribution in [-0.4, -0.2) is 55.5 Å². The van der Waals surface area contributed by atoms with Crippen LogP contribution in [0.1, 0.15) is 26.2 Å². The molecule has 0 N–H and O–H groups in total. The standard InChI is InChI=1S/C13H22F2N2/c1-12(11(14)15)7-17(8-12)10-3-4-13(10)5-6-16(2)9-13/h10-11H,3-9H2,1-2H3. The number of hydrogen-bond donors (Lipinski definition) is 0. The number of likely N-dealkylation sites (tertiary alicyclic amines) is 2. The van der Waals surface area contributed by atoms with Gasteiger partial charge in [-0.25, -0.2) is 8.78 Å². The van der Waals surface area contributed by atoms with Gasteiger partial charge in [-0.3, -0.25) is 4.90 Å². The van der Waals surface area contributed by atoms with Crippen molar-refractivity contribution in [3.05, 3.63) is 0 Å². The highest BCUT2D eigenvalue weighted by Gasteiger charge is 2.57. The lowest BCUT2D eigenvalue weighted by atomic mass is 9.61. The third-order valence-electron chi connectivity index (χ3n) is 5.29. The molecule has 1 saturated carbocycles. The van der Waals surface area contributed by atoms with Crippen LogP contribution in [0.2, 0.25) is 0 Å². The van der Waals surface area contributed by atoms with Crippen molar-refractivity contribution in [1.82, 2.24) is 9.80 Å². The van der Waals surface area contributed by atoms with E-state index in [-0.39, 0.29) is 0 Å². The van der Waals surface area contributed by atoms with E-state index in [1.807, 2.05) is 0 Å². The Labute approximate surface area is 102 Å². The summed E-state index contributed by atoms with van der Waals surface area (Å²) >= 11 is 0. The highest BCUT2D eigenvalue weighted by Crippen LogP contribution is 2.53. The maximum Gasteiger partial charge on any atom is 0.246 e. The fourth-order valence-electron chi connectivity index (χ4n) is 4.08. The van der Waals surface area contributed by atoms with E-state index in [4.69, 9.17) is 0 Å². The van der Waals surface area contributed by atoms with Crippen LogP contribution in [-0.2, 0) is 0 Å². The number of hydrogen-bond acceptors (Lipinski definition) is 2. The minimum atomic E-state index is -2.17. The van der Waals surface area contributed by atoms with Crippen molar-refractivity contribution in [2.24, 2.45) is 10.8 Å². The Bertz CT molecular complexity index is 315. The molecule has 2 saturated heterocycles. The molecule has 2 unspecified atom stereocenters. The van der Waals surface area contributed by atoms with Crippen LogP contribution in [0.25, 0.3) is 0 Å². The first-order valence-electron chi connectivity index (χ1n) is 6.66. The molecule has 1 spiro atoms. The smallest absolute Gasteiger partial charge is 0.246 e. The van der Waals surface area contributed by atoms with Gasteiger partial charge in [-0.15, -0.1) is 0 Å². The first-order valence-corrected chi connectivity index (χ1v) is 6.66. The fraction of sp³-hybridized carbons (Fsp3) is 1.00. The zero-order valence-electron chi connectivity index (χ0n) is 10.8. The van der Waals surface area contributed by atoms with Crippen LogP contribution in [0.15, 0.2) is 0 Å². The molecule has 4 heteroatoms. The van der Waals surface area contributed by atoms with Crippen molar-refractivity contribution in [3.8, 4) is 0 Å². The highest BCUT2D eigenvalue weighted by atomic mass is 19.3. The van der Waals surface area contributed by atoms with Crippen molar-refractivity contribution in [1.29, 1.82) is 0 Å².